The lowest BCUT2D eigenvalue weighted by molar-refractivity contribution is 0.414. The zero-order valence-corrected chi connectivity index (χ0v) is 12.6. The third-order valence-electron chi connectivity index (χ3n) is 3.31. The zero-order chi connectivity index (χ0) is 14.2. The molecule has 1 aliphatic rings. The summed E-state index contributed by atoms with van der Waals surface area (Å²) in [6, 6.07) is 14.9. The number of methoxy groups -OCH3 is 1. The fourth-order valence-corrected chi connectivity index (χ4v) is 5.78. The highest BCUT2D eigenvalue weighted by Gasteiger charge is 2.34. The van der Waals surface area contributed by atoms with Crippen LogP contribution in [0, 0.1) is 0 Å². The molecular weight excluding hydrogens is 292 g/mol. The quantitative estimate of drug-likeness (QED) is 0.872. The van der Waals surface area contributed by atoms with Crippen LogP contribution in [-0.2, 0) is 9.84 Å². The van der Waals surface area contributed by atoms with Crippen LogP contribution in [0.5, 0.6) is 5.75 Å². The van der Waals surface area contributed by atoms with E-state index < -0.39 is 9.84 Å². The lowest BCUT2D eigenvalue weighted by Gasteiger charge is -2.10. The van der Waals surface area contributed by atoms with Gasteiger partial charge in [-0.25, -0.2) is 8.42 Å². The third kappa shape index (κ3) is 2.43. The van der Waals surface area contributed by atoms with Crippen LogP contribution in [0.1, 0.15) is 10.8 Å². The second-order valence-corrected chi connectivity index (χ2v) is 7.88. The third-order valence-corrected chi connectivity index (χ3v) is 6.58. The molecule has 20 heavy (non-hydrogen) atoms. The molecule has 3 nitrogen and oxygen atoms in total. The van der Waals surface area contributed by atoms with Crippen molar-refractivity contribution >= 4 is 21.6 Å². The molecule has 0 spiro atoms. The molecule has 1 atom stereocenters. The van der Waals surface area contributed by atoms with Crippen LogP contribution in [0.25, 0.3) is 0 Å². The van der Waals surface area contributed by atoms with Crippen molar-refractivity contribution in [1.82, 2.24) is 0 Å². The Bertz CT molecular complexity index is 721. The van der Waals surface area contributed by atoms with E-state index in [4.69, 9.17) is 4.74 Å². The number of rotatable bonds is 3. The lowest BCUT2D eigenvalue weighted by Crippen LogP contribution is -2.00. The van der Waals surface area contributed by atoms with Crippen LogP contribution in [0.15, 0.2) is 58.3 Å². The van der Waals surface area contributed by atoms with Crippen molar-refractivity contribution in [1.29, 1.82) is 0 Å². The number of ether oxygens (including phenoxy) is 1. The maximum absolute atomic E-state index is 12.1. The summed E-state index contributed by atoms with van der Waals surface area (Å²) in [4.78, 5) is 1.52. The maximum Gasteiger partial charge on any atom is 0.180 e. The first-order valence-electron chi connectivity index (χ1n) is 6.22. The molecule has 3 rings (SSSR count). The Morgan fingerprint density at radius 3 is 2.50 bits per heavy atom. The predicted octanol–water partition coefficient (Wildman–Crippen LogP) is 3.32. The molecule has 2 aromatic carbocycles. The highest BCUT2D eigenvalue weighted by Crippen LogP contribution is 2.44. The normalized spacial score (nSPS) is 19.6. The minimum absolute atomic E-state index is 0.0374. The fourth-order valence-electron chi connectivity index (χ4n) is 2.32. The summed E-state index contributed by atoms with van der Waals surface area (Å²) in [6.07, 6.45) is 0. The van der Waals surface area contributed by atoms with Gasteiger partial charge in [0, 0.05) is 4.90 Å². The Hall–Kier alpha value is -1.46. The first-order valence-corrected chi connectivity index (χ1v) is 8.76. The largest absolute Gasteiger partial charge is 0.497 e. The summed E-state index contributed by atoms with van der Waals surface area (Å²) in [5, 5.41) is -0.0374. The maximum atomic E-state index is 12.1. The zero-order valence-electron chi connectivity index (χ0n) is 10.9. The van der Waals surface area contributed by atoms with Gasteiger partial charge in [-0.2, -0.15) is 0 Å². The van der Waals surface area contributed by atoms with Crippen LogP contribution in [0.4, 0.5) is 0 Å². The average molecular weight is 306 g/mol. The minimum Gasteiger partial charge on any atom is -0.497 e. The van der Waals surface area contributed by atoms with Crippen molar-refractivity contribution < 1.29 is 13.2 Å². The van der Waals surface area contributed by atoms with Gasteiger partial charge in [0.1, 0.15) is 5.75 Å². The molecule has 5 heteroatoms. The topological polar surface area (TPSA) is 43.4 Å². The first kappa shape index (κ1) is 13.5. The van der Waals surface area contributed by atoms with Gasteiger partial charge >= 0.3 is 0 Å². The van der Waals surface area contributed by atoms with Crippen LogP contribution in [-0.4, -0.2) is 21.3 Å². The molecule has 0 amide bonds. The Labute approximate surface area is 122 Å². The van der Waals surface area contributed by atoms with Crippen molar-refractivity contribution in [2.45, 2.75) is 15.0 Å². The van der Waals surface area contributed by atoms with Crippen molar-refractivity contribution in [2.75, 3.05) is 12.9 Å². The Balaban J connectivity index is 1.89. The van der Waals surface area contributed by atoms with E-state index in [0.29, 0.717) is 4.90 Å². The van der Waals surface area contributed by atoms with Gasteiger partial charge in [0.05, 0.1) is 23.0 Å². The molecule has 0 aliphatic carbocycles. The van der Waals surface area contributed by atoms with Crippen molar-refractivity contribution in [3.63, 3.8) is 0 Å². The van der Waals surface area contributed by atoms with Crippen LogP contribution >= 0.6 is 11.8 Å². The Morgan fingerprint density at radius 2 is 1.80 bits per heavy atom. The molecule has 1 unspecified atom stereocenters. The van der Waals surface area contributed by atoms with Gasteiger partial charge in [0.25, 0.3) is 0 Å². The van der Waals surface area contributed by atoms with Gasteiger partial charge in [-0.15, -0.1) is 11.8 Å². The van der Waals surface area contributed by atoms with E-state index in [1.54, 1.807) is 31.0 Å². The molecule has 1 aliphatic heterocycles. The van der Waals surface area contributed by atoms with E-state index in [-0.39, 0.29) is 11.0 Å². The van der Waals surface area contributed by atoms with Crippen LogP contribution < -0.4 is 4.74 Å². The second kappa shape index (κ2) is 5.14. The van der Waals surface area contributed by atoms with E-state index in [2.05, 4.69) is 0 Å². The summed E-state index contributed by atoms with van der Waals surface area (Å²) < 4.78 is 29.4. The van der Waals surface area contributed by atoms with Gasteiger partial charge in [0.15, 0.2) is 9.84 Å². The number of sulfone groups is 1. The number of benzene rings is 2. The molecule has 0 radical (unpaired) electrons. The SMILES string of the molecule is COc1ccc(SC2CS(=O)(=O)c3ccccc32)cc1. The summed E-state index contributed by atoms with van der Waals surface area (Å²) in [6.45, 7) is 0. The fraction of sp³-hybridized carbons (Fsp3) is 0.200. The van der Waals surface area contributed by atoms with Gasteiger partial charge in [-0.1, -0.05) is 18.2 Å². The molecule has 0 bridgehead atoms. The molecule has 0 aromatic heterocycles. The van der Waals surface area contributed by atoms with E-state index in [0.717, 1.165) is 16.2 Å². The number of fused-ring (bicyclic) bond motifs is 1. The van der Waals surface area contributed by atoms with Gasteiger partial charge < -0.3 is 4.74 Å². The second-order valence-electron chi connectivity index (χ2n) is 4.60. The summed E-state index contributed by atoms with van der Waals surface area (Å²) in [5.74, 6) is 0.969. The highest BCUT2D eigenvalue weighted by molar-refractivity contribution is 8.01. The summed E-state index contributed by atoms with van der Waals surface area (Å²) in [7, 11) is -1.51. The van der Waals surface area contributed by atoms with E-state index in [9.17, 15) is 8.42 Å². The number of hydrogen-bond acceptors (Lipinski definition) is 4. The molecule has 104 valence electrons. The number of hydrogen-bond donors (Lipinski definition) is 0. The minimum atomic E-state index is -3.13. The first-order chi connectivity index (χ1) is 9.60. The predicted molar refractivity (Wildman–Crippen MR) is 80.1 cm³/mol. The van der Waals surface area contributed by atoms with Crippen molar-refractivity contribution in [2.24, 2.45) is 0 Å². The molecular formula is C15H14O3S2. The van der Waals surface area contributed by atoms with E-state index in [1.807, 2.05) is 36.4 Å². The molecule has 0 fully saturated rings. The molecule has 2 aromatic rings. The van der Waals surface area contributed by atoms with Crippen molar-refractivity contribution in [3.05, 3.63) is 54.1 Å². The summed E-state index contributed by atoms with van der Waals surface area (Å²) >= 11 is 1.58. The smallest absolute Gasteiger partial charge is 0.180 e. The average Bonchev–Trinajstić information content (AvgIpc) is 2.72. The van der Waals surface area contributed by atoms with Gasteiger partial charge in [0.2, 0.25) is 0 Å². The van der Waals surface area contributed by atoms with Crippen LogP contribution in [0.3, 0.4) is 0 Å². The lowest BCUT2D eigenvalue weighted by atomic mass is 10.2. The molecule has 0 saturated heterocycles. The number of thioether (sulfide) groups is 1. The summed E-state index contributed by atoms with van der Waals surface area (Å²) in [5.41, 5.74) is 0.910. The molecule has 1 heterocycles. The van der Waals surface area contributed by atoms with E-state index >= 15 is 0 Å². The highest BCUT2D eigenvalue weighted by atomic mass is 32.2. The van der Waals surface area contributed by atoms with Crippen molar-refractivity contribution in [3.8, 4) is 5.75 Å². The van der Waals surface area contributed by atoms with E-state index in [1.165, 1.54) is 0 Å². The van der Waals surface area contributed by atoms with Crippen LogP contribution in [0.2, 0.25) is 0 Å². The molecule has 0 N–H and O–H groups in total. The molecule has 0 saturated carbocycles. The van der Waals surface area contributed by atoms with Gasteiger partial charge in [-0.05, 0) is 35.9 Å². The standard InChI is InChI=1S/C15H14O3S2/c1-18-11-6-8-12(9-7-11)19-14-10-20(16,17)15-5-3-2-4-13(14)15/h2-9,14H,10H2,1H3. The van der Waals surface area contributed by atoms with Gasteiger partial charge in [-0.3, -0.25) is 0 Å². The monoisotopic (exact) mass is 306 g/mol. The Kier molecular flexibility index (Phi) is 3.48. The Morgan fingerprint density at radius 1 is 1.10 bits per heavy atom.